The van der Waals surface area contributed by atoms with Crippen LogP contribution in [-0.2, 0) is 6.54 Å². The Morgan fingerprint density at radius 2 is 1.90 bits per heavy atom. The van der Waals surface area contributed by atoms with Crippen molar-refractivity contribution in [2.24, 2.45) is 5.92 Å². The van der Waals surface area contributed by atoms with Crippen LogP contribution in [0, 0.1) is 11.7 Å². The van der Waals surface area contributed by atoms with E-state index < -0.39 is 0 Å². The molecule has 0 amide bonds. The lowest BCUT2D eigenvalue weighted by molar-refractivity contribution is 0.0428. The predicted molar refractivity (Wildman–Crippen MR) is 74.5 cm³/mol. The third kappa shape index (κ3) is 3.08. The van der Waals surface area contributed by atoms with Crippen LogP contribution in [0.15, 0.2) is 40.8 Å². The molecule has 1 saturated carbocycles. The molecule has 106 valence electrons. The van der Waals surface area contributed by atoms with Gasteiger partial charge >= 0.3 is 0 Å². The van der Waals surface area contributed by atoms with Crippen LogP contribution in [0.5, 0.6) is 0 Å². The third-order valence-electron chi connectivity index (χ3n) is 3.73. The van der Waals surface area contributed by atoms with E-state index in [-0.39, 0.29) is 11.9 Å². The SMILES string of the molecule is OC1CC(CNCc2ccc(-c3ccc(F)cc3)o2)C1. The molecule has 1 fully saturated rings. The topological polar surface area (TPSA) is 45.4 Å². The fourth-order valence-electron chi connectivity index (χ4n) is 2.51. The van der Waals surface area contributed by atoms with Crippen molar-refractivity contribution in [2.45, 2.75) is 25.5 Å². The van der Waals surface area contributed by atoms with Gasteiger partial charge in [0.1, 0.15) is 17.3 Å². The van der Waals surface area contributed by atoms with Crippen LogP contribution in [0.2, 0.25) is 0 Å². The van der Waals surface area contributed by atoms with E-state index in [4.69, 9.17) is 4.42 Å². The van der Waals surface area contributed by atoms with E-state index >= 15 is 0 Å². The summed E-state index contributed by atoms with van der Waals surface area (Å²) in [5.41, 5.74) is 0.875. The summed E-state index contributed by atoms with van der Waals surface area (Å²) >= 11 is 0. The minimum Gasteiger partial charge on any atom is -0.460 e. The molecule has 4 heteroatoms. The molecule has 0 bridgehead atoms. The minimum atomic E-state index is -0.245. The quantitative estimate of drug-likeness (QED) is 0.882. The highest BCUT2D eigenvalue weighted by Gasteiger charge is 2.26. The Labute approximate surface area is 117 Å². The average Bonchev–Trinajstić information content (AvgIpc) is 2.86. The number of aliphatic hydroxyl groups is 1. The number of nitrogens with one attached hydrogen (secondary N) is 1. The van der Waals surface area contributed by atoms with Crippen molar-refractivity contribution >= 4 is 0 Å². The van der Waals surface area contributed by atoms with Crippen LogP contribution in [0.1, 0.15) is 18.6 Å². The first-order valence-corrected chi connectivity index (χ1v) is 6.94. The van der Waals surface area contributed by atoms with E-state index in [0.29, 0.717) is 12.5 Å². The molecule has 1 aliphatic carbocycles. The Morgan fingerprint density at radius 3 is 2.60 bits per heavy atom. The predicted octanol–water partition coefficient (Wildman–Crippen LogP) is 2.95. The Morgan fingerprint density at radius 1 is 1.15 bits per heavy atom. The second-order valence-corrected chi connectivity index (χ2v) is 5.40. The number of hydrogen-bond acceptors (Lipinski definition) is 3. The molecule has 3 nitrogen and oxygen atoms in total. The lowest BCUT2D eigenvalue weighted by Gasteiger charge is -2.31. The molecule has 1 aromatic carbocycles. The van der Waals surface area contributed by atoms with Gasteiger partial charge in [-0.25, -0.2) is 4.39 Å². The molecular weight excluding hydrogens is 257 g/mol. The van der Waals surface area contributed by atoms with Crippen LogP contribution in [0.3, 0.4) is 0 Å². The Kier molecular flexibility index (Phi) is 3.85. The summed E-state index contributed by atoms with van der Waals surface area (Å²) in [4.78, 5) is 0. The number of furan rings is 1. The zero-order chi connectivity index (χ0) is 13.9. The second-order valence-electron chi connectivity index (χ2n) is 5.40. The number of hydrogen-bond donors (Lipinski definition) is 2. The highest BCUT2D eigenvalue weighted by atomic mass is 19.1. The molecule has 0 radical (unpaired) electrons. The lowest BCUT2D eigenvalue weighted by atomic mass is 9.82. The van der Waals surface area contributed by atoms with Crippen molar-refractivity contribution in [1.82, 2.24) is 5.32 Å². The first-order chi connectivity index (χ1) is 9.70. The number of aliphatic hydroxyl groups excluding tert-OH is 1. The van der Waals surface area contributed by atoms with Crippen LogP contribution in [-0.4, -0.2) is 17.8 Å². The number of halogens is 1. The highest BCUT2D eigenvalue weighted by molar-refractivity contribution is 5.57. The lowest BCUT2D eigenvalue weighted by Crippen LogP contribution is -2.35. The fourth-order valence-corrected chi connectivity index (χ4v) is 2.51. The van der Waals surface area contributed by atoms with Crippen molar-refractivity contribution in [1.29, 1.82) is 0 Å². The summed E-state index contributed by atoms with van der Waals surface area (Å²) in [6.45, 7) is 1.58. The minimum absolute atomic E-state index is 0.101. The Hall–Kier alpha value is -1.65. The molecule has 0 unspecified atom stereocenters. The van der Waals surface area contributed by atoms with E-state index in [0.717, 1.165) is 36.5 Å². The third-order valence-corrected chi connectivity index (χ3v) is 3.73. The molecule has 0 atom stereocenters. The standard InChI is InChI=1S/C16H18FNO2/c17-13-3-1-12(2-4-13)16-6-5-15(20-16)10-18-9-11-7-14(19)8-11/h1-6,11,14,18-19H,7-10H2. The summed E-state index contributed by atoms with van der Waals surface area (Å²) in [6.07, 6.45) is 1.69. The van der Waals surface area contributed by atoms with Crippen LogP contribution in [0.25, 0.3) is 11.3 Å². The van der Waals surface area contributed by atoms with Gasteiger partial charge in [0, 0.05) is 5.56 Å². The zero-order valence-corrected chi connectivity index (χ0v) is 11.2. The largest absolute Gasteiger partial charge is 0.460 e. The molecule has 0 saturated heterocycles. The fraction of sp³-hybridized carbons (Fsp3) is 0.375. The summed E-state index contributed by atoms with van der Waals surface area (Å²) in [6, 6.07) is 10.1. The first-order valence-electron chi connectivity index (χ1n) is 6.94. The van der Waals surface area contributed by atoms with Gasteiger partial charge in [-0.1, -0.05) is 0 Å². The Bertz CT molecular complexity index is 558. The van der Waals surface area contributed by atoms with Crippen molar-refractivity contribution in [2.75, 3.05) is 6.54 Å². The van der Waals surface area contributed by atoms with Gasteiger partial charge in [0.05, 0.1) is 12.6 Å². The van der Waals surface area contributed by atoms with E-state index in [9.17, 15) is 9.50 Å². The van der Waals surface area contributed by atoms with Gasteiger partial charge in [0.2, 0.25) is 0 Å². The van der Waals surface area contributed by atoms with Crippen molar-refractivity contribution in [3.63, 3.8) is 0 Å². The van der Waals surface area contributed by atoms with Gasteiger partial charge in [-0.2, -0.15) is 0 Å². The van der Waals surface area contributed by atoms with Gasteiger partial charge in [-0.15, -0.1) is 0 Å². The number of benzene rings is 1. The van der Waals surface area contributed by atoms with Crippen molar-refractivity contribution in [3.05, 3.63) is 48.0 Å². The van der Waals surface area contributed by atoms with Gasteiger partial charge in [0.25, 0.3) is 0 Å². The summed E-state index contributed by atoms with van der Waals surface area (Å²) in [7, 11) is 0. The monoisotopic (exact) mass is 275 g/mol. The van der Waals surface area contributed by atoms with E-state index in [1.54, 1.807) is 12.1 Å². The molecule has 0 spiro atoms. The van der Waals surface area contributed by atoms with E-state index in [1.165, 1.54) is 12.1 Å². The molecule has 3 rings (SSSR count). The van der Waals surface area contributed by atoms with Gasteiger partial charge in [0.15, 0.2) is 0 Å². The van der Waals surface area contributed by atoms with Crippen LogP contribution < -0.4 is 5.32 Å². The highest BCUT2D eigenvalue weighted by Crippen LogP contribution is 2.26. The van der Waals surface area contributed by atoms with Crippen molar-refractivity contribution in [3.8, 4) is 11.3 Å². The molecule has 2 N–H and O–H groups in total. The molecule has 1 heterocycles. The van der Waals surface area contributed by atoms with Crippen molar-refractivity contribution < 1.29 is 13.9 Å². The molecule has 1 aliphatic rings. The average molecular weight is 275 g/mol. The summed E-state index contributed by atoms with van der Waals surface area (Å²) < 4.78 is 18.6. The Balaban J connectivity index is 1.52. The van der Waals surface area contributed by atoms with Crippen LogP contribution >= 0.6 is 0 Å². The molecule has 0 aliphatic heterocycles. The molecule has 2 aromatic rings. The molecule has 20 heavy (non-hydrogen) atoms. The van der Waals surface area contributed by atoms with Crippen LogP contribution in [0.4, 0.5) is 4.39 Å². The maximum absolute atomic E-state index is 12.9. The smallest absolute Gasteiger partial charge is 0.134 e. The normalized spacial score (nSPS) is 21.7. The van der Waals surface area contributed by atoms with Gasteiger partial charge < -0.3 is 14.8 Å². The molecule has 1 aromatic heterocycles. The zero-order valence-electron chi connectivity index (χ0n) is 11.2. The first kappa shape index (κ1) is 13.3. The second kappa shape index (κ2) is 5.77. The van der Waals surface area contributed by atoms with Gasteiger partial charge in [-0.05, 0) is 61.7 Å². The maximum Gasteiger partial charge on any atom is 0.134 e. The van der Waals surface area contributed by atoms with Gasteiger partial charge in [-0.3, -0.25) is 0 Å². The van der Waals surface area contributed by atoms with E-state index in [2.05, 4.69) is 5.32 Å². The van der Waals surface area contributed by atoms with E-state index in [1.807, 2.05) is 12.1 Å². The summed E-state index contributed by atoms with van der Waals surface area (Å²) in [5.74, 6) is 1.95. The molecular formula is C16H18FNO2. The summed E-state index contributed by atoms with van der Waals surface area (Å²) in [5, 5.41) is 12.5. The number of rotatable bonds is 5. The maximum atomic E-state index is 12.9.